The van der Waals surface area contributed by atoms with Gasteiger partial charge in [0.2, 0.25) is 0 Å². The third kappa shape index (κ3) is 4.02. The van der Waals surface area contributed by atoms with Crippen LogP contribution in [-0.4, -0.2) is 28.2 Å². The lowest BCUT2D eigenvalue weighted by molar-refractivity contribution is -0.121. The van der Waals surface area contributed by atoms with Crippen molar-refractivity contribution in [1.29, 1.82) is 0 Å². The van der Waals surface area contributed by atoms with E-state index in [9.17, 15) is 15.0 Å². The van der Waals surface area contributed by atoms with Crippen molar-refractivity contribution in [1.82, 2.24) is 0 Å². The molecule has 0 aromatic carbocycles. The van der Waals surface area contributed by atoms with Crippen molar-refractivity contribution in [2.45, 2.75) is 66.1 Å². The minimum absolute atomic E-state index is 0.220. The summed E-state index contributed by atoms with van der Waals surface area (Å²) in [6.45, 7) is 10.2. The second kappa shape index (κ2) is 6.74. The zero-order valence-electron chi connectivity index (χ0n) is 15.0. The molecule has 4 atom stereocenters. The van der Waals surface area contributed by atoms with Gasteiger partial charge in [0.05, 0.1) is 6.10 Å². The number of hydrogen-bond acceptors (Lipinski definition) is 3. The summed E-state index contributed by atoms with van der Waals surface area (Å²) in [6, 6.07) is 0. The molecule has 0 aromatic heterocycles. The lowest BCUT2D eigenvalue weighted by Gasteiger charge is -2.13. The molecule has 1 fully saturated rings. The number of hydrogen-bond donors (Lipinski definition) is 2. The van der Waals surface area contributed by atoms with Gasteiger partial charge in [-0.05, 0) is 74.5 Å². The molecular weight excluding hydrogens is 288 g/mol. The molecule has 0 spiro atoms. The van der Waals surface area contributed by atoms with Gasteiger partial charge in [-0.15, -0.1) is 0 Å². The molecule has 4 unspecified atom stereocenters. The van der Waals surface area contributed by atoms with Crippen molar-refractivity contribution >= 4 is 5.78 Å². The Labute approximate surface area is 139 Å². The highest BCUT2D eigenvalue weighted by molar-refractivity contribution is 5.99. The quantitative estimate of drug-likeness (QED) is 0.671. The van der Waals surface area contributed by atoms with E-state index in [0.717, 1.165) is 12.8 Å². The van der Waals surface area contributed by atoms with Gasteiger partial charge >= 0.3 is 0 Å². The van der Waals surface area contributed by atoms with Gasteiger partial charge in [-0.25, -0.2) is 0 Å². The van der Waals surface area contributed by atoms with E-state index in [1.54, 1.807) is 13.8 Å². The maximum Gasteiger partial charge on any atom is 0.190 e. The van der Waals surface area contributed by atoms with Crippen LogP contribution in [0.3, 0.4) is 0 Å². The van der Waals surface area contributed by atoms with Gasteiger partial charge in [0.25, 0.3) is 0 Å². The highest BCUT2D eigenvalue weighted by Crippen LogP contribution is 2.61. The van der Waals surface area contributed by atoms with Crippen molar-refractivity contribution in [3.63, 3.8) is 0 Å². The van der Waals surface area contributed by atoms with Crippen molar-refractivity contribution in [2.75, 3.05) is 0 Å². The topological polar surface area (TPSA) is 57.5 Å². The Kier molecular flexibility index (Phi) is 5.32. The normalized spacial score (nSPS) is 42.2. The second-order valence-corrected chi connectivity index (χ2v) is 7.86. The highest BCUT2D eigenvalue weighted by atomic mass is 16.3. The van der Waals surface area contributed by atoms with Gasteiger partial charge in [0.1, 0.15) is 6.10 Å². The Morgan fingerprint density at radius 3 is 2.43 bits per heavy atom. The Morgan fingerprint density at radius 1 is 1.13 bits per heavy atom. The summed E-state index contributed by atoms with van der Waals surface area (Å²) in [6.07, 6.45) is 6.44. The lowest BCUT2D eigenvalue weighted by Crippen LogP contribution is -2.21. The summed E-state index contributed by atoms with van der Waals surface area (Å²) < 4.78 is 0. The van der Waals surface area contributed by atoms with Gasteiger partial charge in [0.15, 0.2) is 5.78 Å². The number of carbonyl (C=O) groups is 1. The molecule has 1 saturated carbocycles. The SMILES string of the molecule is C/C1=C\CC(O)/C(C)=C/C(O)C(=O)/C(C)=C/C2C(CC1)C2(C)C. The van der Waals surface area contributed by atoms with Crippen LogP contribution in [0, 0.1) is 17.3 Å². The molecule has 23 heavy (non-hydrogen) atoms. The first-order valence-electron chi connectivity index (χ1n) is 8.57. The van der Waals surface area contributed by atoms with Crippen LogP contribution in [0.25, 0.3) is 0 Å². The fourth-order valence-electron chi connectivity index (χ4n) is 3.67. The molecule has 2 aliphatic rings. The van der Waals surface area contributed by atoms with Gasteiger partial charge in [-0.1, -0.05) is 31.6 Å². The number of allylic oxidation sites excluding steroid dienone is 2. The van der Waals surface area contributed by atoms with E-state index in [2.05, 4.69) is 26.8 Å². The summed E-state index contributed by atoms with van der Waals surface area (Å²) in [5, 5.41) is 20.3. The minimum Gasteiger partial charge on any atom is -0.388 e. The standard InChI is InChI=1S/C20H30O3/c1-12-6-8-15-16(20(15,4)5)10-14(3)19(23)18(22)11-13(2)17(21)9-7-12/h7,10-11,15-18,21-22H,6,8-9H2,1-5H3/b12-7+,13-11+,14-10+. The monoisotopic (exact) mass is 318 g/mol. The van der Waals surface area contributed by atoms with Crippen LogP contribution in [0.15, 0.2) is 34.9 Å². The maximum absolute atomic E-state index is 12.3. The number of Topliss-reactive ketones (excluding diaryl/α,β-unsaturated/α-hetero) is 1. The van der Waals surface area contributed by atoms with Crippen LogP contribution in [0.2, 0.25) is 0 Å². The van der Waals surface area contributed by atoms with Crippen molar-refractivity contribution < 1.29 is 15.0 Å². The first kappa shape index (κ1) is 18.2. The second-order valence-electron chi connectivity index (χ2n) is 7.86. The number of aliphatic hydroxyl groups is 2. The van der Waals surface area contributed by atoms with E-state index >= 15 is 0 Å². The highest BCUT2D eigenvalue weighted by Gasteiger charge is 2.55. The Balaban J connectivity index is 2.30. The number of carbonyl (C=O) groups excluding carboxylic acids is 1. The van der Waals surface area contributed by atoms with E-state index in [1.165, 1.54) is 11.6 Å². The van der Waals surface area contributed by atoms with Crippen molar-refractivity contribution in [3.05, 3.63) is 34.9 Å². The number of fused-ring (bicyclic) bond motifs is 1. The Bertz CT molecular complexity index is 565. The molecule has 0 bridgehead atoms. The fraction of sp³-hybridized carbons (Fsp3) is 0.650. The first-order valence-corrected chi connectivity index (χ1v) is 8.57. The molecule has 2 N–H and O–H groups in total. The third-order valence-corrected chi connectivity index (χ3v) is 5.71. The summed E-state index contributed by atoms with van der Waals surface area (Å²) in [4.78, 5) is 12.3. The average Bonchev–Trinajstić information content (AvgIpc) is 3.00. The molecule has 0 heterocycles. The number of ketones is 1. The van der Waals surface area contributed by atoms with Crippen LogP contribution in [0.4, 0.5) is 0 Å². The van der Waals surface area contributed by atoms with E-state index in [0.29, 0.717) is 29.4 Å². The average molecular weight is 318 g/mol. The fourth-order valence-corrected chi connectivity index (χ4v) is 3.67. The predicted molar refractivity (Wildman–Crippen MR) is 92.9 cm³/mol. The van der Waals surface area contributed by atoms with Gasteiger partial charge in [0, 0.05) is 0 Å². The molecule has 128 valence electrons. The number of aliphatic hydroxyl groups excluding tert-OH is 2. The summed E-state index contributed by atoms with van der Waals surface area (Å²) in [7, 11) is 0. The third-order valence-electron chi connectivity index (χ3n) is 5.71. The van der Waals surface area contributed by atoms with Crippen LogP contribution in [0.1, 0.15) is 53.9 Å². The zero-order valence-corrected chi connectivity index (χ0v) is 15.0. The van der Waals surface area contributed by atoms with Crippen LogP contribution in [0.5, 0.6) is 0 Å². The molecule has 2 aliphatic carbocycles. The molecule has 0 aromatic rings. The molecule has 2 rings (SSSR count). The molecule has 0 saturated heterocycles. The molecule has 3 nitrogen and oxygen atoms in total. The van der Waals surface area contributed by atoms with Gasteiger partial charge < -0.3 is 10.2 Å². The van der Waals surface area contributed by atoms with E-state index < -0.39 is 12.2 Å². The Hall–Kier alpha value is -1.19. The number of rotatable bonds is 0. The van der Waals surface area contributed by atoms with Gasteiger partial charge in [-0.2, -0.15) is 0 Å². The summed E-state index contributed by atoms with van der Waals surface area (Å²) in [5.74, 6) is 0.725. The van der Waals surface area contributed by atoms with Crippen LogP contribution in [-0.2, 0) is 4.79 Å². The smallest absolute Gasteiger partial charge is 0.190 e. The van der Waals surface area contributed by atoms with Gasteiger partial charge in [-0.3, -0.25) is 4.79 Å². The molecule has 0 radical (unpaired) electrons. The lowest BCUT2D eigenvalue weighted by atomic mass is 9.98. The molecule has 3 heteroatoms. The summed E-state index contributed by atoms with van der Waals surface area (Å²) in [5.41, 5.74) is 2.79. The first-order chi connectivity index (χ1) is 10.6. The largest absolute Gasteiger partial charge is 0.388 e. The molecule has 0 aliphatic heterocycles. The molecular formula is C20H30O3. The maximum atomic E-state index is 12.3. The van der Waals surface area contributed by atoms with E-state index in [-0.39, 0.29) is 11.2 Å². The minimum atomic E-state index is -1.17. The van der Waals surface area contributed by atoms with E-state index in [1.807, 2.05) is 6.08 Å². The molecule has 0 amide bonds. The Morgan fingerprint density at radius 2 is 1.78 bits per heavy atom. The van der Waals surface area contributed by atoms with Crippen molar-refractivity contribution in [3.8, 4) is 0 Å². The predicted octanol–water partition coefficient (Wildman–Crippen LogP) is 3.57. The zero-order chi connectivity index (χ0) is 17.4. The van der Waals surface area contributed by atoms with Crippen LogP contribution >= 0.6 is 0 Å². The summed E-state index contributed by atoms with van der Waals surface area (Å²) >= 11 is 0. The van der Waals surface area contributed by atoms with Crippen molar-refractivity contribution in [2.24, 2.45) is 17.3 Å². The van der Waals surface area contributed by atoms with E-state index in [4.69, 9.17) is 0 Å². The van der Waals surface area contributed by atoms with Crippen LogP contribution < -0.4 is 0 Å².